The number of hydrogen-bond donors (Lipinski definition) is 1. The molecule has 0 aliphatic rings. The fourth-order valence-corrected chi connectivity index (χ4v) is 1.67. The van der Waals surface area contributed by atoms with Crippen molar-refractivity contribution in [2.24, 2.45) is 11.8 Å². The first kappa shape index (κ1) is 13.6. The summed E-state index contributed by atoms with van der Waals surface area (Å²) in [6.07, 6.45) is 2.09. The molecule has 0 spiro atoms. The van der Waals surface area contributed by atoms with Gasteiger partial charge in [0.2, 0.25) is 0 Å². The molecule has 17 heavy (non-hydrogen) atoms. The van der Waals surface area contributed by atoms with Gasteiger partial charge in [0.1, 0.15) is 0 Å². The maximum Gasteiger partial charge on any atom is 0.00476 e. The van der Waals surface area contributed by atoms with E-state index in [0.717, 1.165) is 5.70 Å². The Labute approximate surface area is 105 Å². The third kappa shape index (κ3) is 4.10. The first-order valence-electron chi connectivity index (χ1n) is 6.20. The van der Waals surface area contributed by atoms with Crippen molar-refractivity contribution in [2.45, 2.75) is 27.7 Å². The minimum absolute atomic E-state index is 0.518. The molecule has 1 rings (SSSR count). The van der Waals surface area contributed by atoms with Crippen LogP contribution in [-0.4, -0.2) is 0 Å². The van der Waals surface area contributed by atoms with E-state index in [0.29, 0.717) is 11.8 Å². The van der Waals surface area contributed by atoms with Gasteiger partial charge in [-0.25, -0.2) is 0 Å². The molecule has 1 aromatic carbocycles. The number of rotatable bonds is 5. The standard InChI is InChI=1S/C16H23N/c1-12(2)14(5)16(11-17-13(3)4)15-9-7-6-8-10-15/h6-12,14,17H,3H2,1-2,4-5H3/b16-11-. The van der Waals surface area contributed by atoms with Crippen molar-refractivity contribution in [1.29, 1.82) is 0 Å². The zero-order chi connectivity index (χ0) is 12.8. The SMILES string of the molecule is C=C(C)N/C=C(\c1ccccc1)C(C)C(C)C. The van der Waals surface area contributed by atoms with Gasteiger partial charge in [0.15, 0.2) is 0 Å². The minimum atomic E-state index is 0.518. The molecule has 0 aliphatic carbocycles. The molecule has 1 nitrogen and oxygen atoms in total. The van der Waals surface area contributed by atoms with Gasteiger partial charge >= 0.3 is 0 Å². The summed E-state index contributed by atoms with van der Waals surface area (Å²) in [6, 6.07) is 10.5. The predicted molar refractivity (Wildman–Crippen MR) is 76.4 cm³/mol. The molecular formula is C16H23N. The maximum atomic E-state index is 3.87. The Hall–Kier alpha value is -1.50. The molecule has 1 aromatic rings. The lowest BCUT2D eigenvalue weighted by Crippen LogP contribution is -2.10. The summed E-state index contributed by atoms with van der Waals surface area (Å²) in [5, 5.41) is 3.22. The van der Waals surface area contributed by atoms with Gasteiger partial charge in [0, 0.05) is 11.9 Å². The van der Waals surface area contributed by atoms with Crippen LogP contribution < -0.4 is 5.32 Å². The van der Waals surface area contributed by atoms with E-state index in [1.165, 1.54) is 11.1 Å². The van der Waals surface area contributed by atoms with Crippen LogP contribution >= 0.6 is 0 Å². The fourth-order valence-electron chi connectivity index (χ4n) is 1.67. The molecule has 1 unspecified atom stereocenters. The average molecular weight is 229 g/mol. The van der Waals surface area contributed by atoms with Crippen molar-refractivity contribution in [3.63, 3.8) is 0 Å². The van der Waals surface area contributed by atoms with Crippen LogP contribution in [0.15, 0.2) is 48.8 Å². The Kier molecular flexibility index (Phi) is 5.02. The number of nitrogens with one attached hydrogen (secondary N) is 1. The van der Waals surface area contributed by atoms with E-state index in [1.807, 2.05) is 13.0 Å². The van der Waals surface area contributed by atoms with E-state index >= 15 is 0 Å². The molecule has 0 aromatic heterocycles. The van der Waals surface area contributed by atoms with Crippen LogP contribution in [0.25, 0.3) is 5.57 Å². The third-order valence-electron chi connectivity index (χ3n) is 3.07. The quantitative estimate of drug-likeness (QED) is 0.787. The van der Waals surface area contributed by atoms with Crippen LogP contribution in [-0.2, 0) is 0 Å². The summed E-state index contributed by atoms with van der Waals surface area (Å²) in [5.74, 6) is 1.14. The molecule has 1 N–H and O–H groups in total. The highest BCUT2D eigenvalue weighted by Crippen LogP contribution is 2.28. The Bertz CT molecular complexity index is 387. The fraction of sp³-hybridized carbons (Fsp3) is 0.375. The van der Waals surface area contributed by atoms with E-state index in [4.69, 9.17) is 0 Å². The van der Waals surface area contributed by atoms with Crippen LogP contribution in [0.2, 0.25) is 0 Å². The molecule has 0 fully saturated rings. The second-order valence-electron chi connectivity index (χ2n) is 4.92. The van der Waals surface area contributed by atoms with Crippen molar-refractivity contribution >= 4 is 5.57 Å². The van der Waals surface area contributed by atoms with Crippen molar-refractivity contribution in [3.8, 4) is 0 Å². The average Bonchev–Trinajstić information content (AvgIpc) is 2.30. The van der Waals surface area contributed by atoms with E-state index in [1.54, 1.807) is 0 Å². The van der Waals surface area contributed by atoms with Gasteiger partial charge in [-0.3, -0.25) is 0 Å². The lowest BCUT2D eigenvalue weighted by Gasteiger charge is -2.20. The first-order chi connectivity index (χ1) is 8.02. The lowest BCUT2D eigenvalue weighted by atomic mass is 9.86. The highest BCUT2D eigenvalue weighted by molar-refractivity contribution is 5.67. The van der Waals surface area contributed by atoms with Crippen molar-refractivity contribution < 1.29 is 0 Å². The lowest BCUT2D eigenvalue weighted by molar-refractivity contribution is 0.517. The molecule has 0 aliphatic heterocycles. The number of hydrogen-bond acceptors (Lipinski definition) is 1. The monoisotopic (exact) mass is 229 g/mol. The molecule has 1 atom stereocenters. The smallest absolute Gasteiger partial charge is 0.00476 e. The molecule has 0 heterocycles. The van der Waals surface area contributed by atoms with Crippen LogP contribution in [0.3, 0.4) is 0 Å². The van der Waals surface area contributed by atoms with Gasteiger partial charge in [0.05, 0.1) is 0 Å². The summed E-state index contributed by atoms with van der Waals surface area (Å²) in [7, 11) is 0. The number of allylic oxidation sites excluding steroid dienone is 2. The van der Waals surface area contributed by atoms with Crippen LogP contribution in [0.5, 0.6) is 0 Å². The second kappa shape index (κ2) is 6.29. The molecule has 0 saturated heterocycles. The highest BCUT2D eigenvalue weighted by atomic mass is 14.8. The Balaban J connectivity index is 3.03. The normalized spacial score (nSPS) is 13.6. The molecule has 0 saturated carbocycles. The molecule has 1 heteroatoms. The molecule has 0 bridgehead atoms. The zero-order valence-electron chi connectivity index (χ0n) is 11.3. The first-order valence-corrected chi connectivity index (χ1v) is 6.20. The van der Waals surface area contributed by atoms with Gasteiger partial charge in [-0.2, -0.15) is 0 Å². The summed E-state index contributed by atoms with van der Waals surface area (Å²) in [6.45, 7) is 12.6. The Morgan fingerprint density at radius 3 is 2.24 bits per heavy atom. The maximum absolute atomic E-state index is 3.87. The second-order valence-corrected chi connectivity index (χ2v) is 4.92. The van der Waals surface area contributed by atoms with Crippen LogP contribution in [0.4, 0.5) is 0 Å². The van der Waals surface area contributed by atoms with Crippen LogP contribution in [0.1, 0.15) is 33.3 Å². The summed E-state index contributed by atoms with van der Waals surface area (Å²) in [4.78, 5) is 0. The zero-order valence-corrected chi connectivity index (χ0v) is 11.3. The largest absolute Gasteiger partial charge is 0.365 e. The molecule has 0 amide bonds. The summed E-state index contributed by atoms with van der Waals surface area (Å²) < 4.78 is 0. The summed E-state index contributed by atoms with van der Waals surface area (Å²) in [5.41, 5.74) is 3.58. The molecular weight excluding hydrogens is 206 g/mol. The minimum Gasteiger partial charge on any atom is -0.365 e. The van der Waals surface area contributed by atoms with Gasteiger partial charge < -0.3 is 5.32 Å². The van der Waals surface area contributed by atoms with Gasteiger partial charge in [0.25, 0.3) is 0 Å². The third-order valence-corrected chi connectivity index (χ3v) is 3.07. The Morgan fingerprint density at radius 1 is 1.18 bits per heavy atom. The van der Waals surface area contributed by atoms with E-state index < -0.39 is 0 Å². The summed E-state index contributed by atoms with van der Waals surface area (Å²) >= 11 is 0. The molecule has 0 radical (unpaired) electrons. The Morgan fingerprint density at radius 2 is 1.76 bits per heavy atom. The van der Waals surface area contributed by atoms with Gasteiger partial charge in [-0.1, -0.05) is 57.7 Å². The van der Waals surface area contributed by atoms with Crippen molar-refractivity contribution in [3.05, 3.63) is 54.4 Å². The van der Waals surface area contributed by atoms with E-state index in [9.17, 15) is 0 Å². The topological polar surface area (TPSA) is 12.0 Å². The van der Waals surface area contributed by atoms with Crippen molar-refractivity contribution in [2.75, 3.05) is 0 Å². The van der Waals surface area contributed by atoms with Gasteiger partial charge in [-0.15, -0.1) is 0 Å². The van der Waals surface area contributed by atoms with Crippen LogP contribution in [0, 0.1) is 11.8 Å². The van der Waals surface area contributed by atoms with Crippen molar-refractivity contribution in [1.82, 2.24) is 5.32 Å². The molecule has 92 valence electrons. The predicted octanol–water partition coefficient (Wildman–Crippen LogP) is 4.44. The number of benzene rings is 1. The van der Waals surface area contributed by atoms with E-state index in [-0.39, 0.29) is 0 Å². The van der Waals surface area contributed by atoms with E-state index in [2.05, 4.69) is 63.1 Å². The highest BCUT2D eigenvalue weighted by Gasteiger charge is 2.14. The van der Waals surface area contributed by atoms with Gasteiger partial charge in [-0.05, 0) is 29.9 Å².